The Bertz CT molecular complexity index is 490. The van der Waals surface area contributed by atoms with Gasteiger partial charge in [0.15, 0.2) is 0 Å². The number of rotatable bonds is 6. The molecule has 2 aromatic rings. The first kappa shape index (κ1) is 13.8. The summed E-state index contributed by atoms with van der Waals surface area (Å²) in [6, 6.07) is 19.9. The van der Waals surface area contributed by atoms with E-state index >= 15 is 0 Å². The predicted octanol–water partition coefficient (Wildman–Crippen LogP) is 3.76. The van der Waals surface area contributed by atoms with E-state index < -0.39 is 0 Å². The van der Waals surface area contributed by atoms with Crippen molar-refractivity contribution in [1.29, 1.82) is 0 Å². The van der Waals surface area contributed by atoms with Crippen molar-refractivity contribution in [3.8, 4) is 0 Å². The van der Waals surface area contributed by atoms with E-state index in [1.807, 2.05) is 0 Å². The summed E-state index contributed by atoms with van der Waals surface area (Å²) in [6.07, 6.45) is 2.18. The van der Waals surface area contributed by atoms with Crippen molar-refractivity contribution >= 4 is 0 Å². The van der Waals surface area contributed by atoms with E-state index in [-0.39, 0.29) is 0 Å². The highest BCUT2D eigenvalue weighted by molar-refractivity contribution is 5.27. The minimum atomic E-state index is 0.508. The maximum atomic E-state index is 3.61. The minimum absolute atomic E-state index is 0.508. The van der Waals surface area contributed by atoms with Gasteiger partial charge >= 0.3 is 0 Å². The van der Waals surface area contributed by atoms with Crippen LogP contribution >= 0.6 is 0 Å². The molecule has 2 rings (SSSR count). The highest BCUT2D eigenvalue weighted by Crippen LogP contribution is 2.13. The topological polar surface area (TPSA) is 12.0 Å². The summed E-state index contributed by atoms with van der Waals surface area (Å²) in [5, 5.41) is 3.61. The molecule has 1 nitrogen and oxygen atoms in total. The molecule has 1 N–H and O–H groups in total. The van der Waals surface area contributed by atoms with Crippen LogP contribution in [0.15, 0.2) is 54.6 Å². The maximum Gasteiger partial charge on any atom is 0.0148 e. The van der Waals surface area contributed by atoms with Crippen LogP contribution in [0.4, 0.5) is 0 Å². The predicted molar refractivity (Wildman–Crippen MR) is 82.5 cm³/mol. The molecule has 0 fully saturated rings. The fourth-order valence-corrected chi connectivity index (χ4v) is 2.51. The Morgan fingerprint density at radius 3 is 2.26 bits per heavy atom. The summed E-state index contributed by atoms with van der Waals surface area (Å²) < 4.78 is 0. The van der Waals surface area contributed by atoms with Crippen molar-refractivity contribution in [2.45, 2.75) is 32.7 Å². The molecule has 0 saturated heterocycles. The van der Waals surface area contributed by atoms with E-state index in [4.69, 9.17) is 0 Å². The molecule has 0 aromatic heterocycles. The summed E-state index contributed by atoms with van der Waals surface area (Å²) >= 11 is 0. The minimum Gasteiger partial charge on any atom is -0.314 e. The lowest BCUT2D eigenvalue weighted by Crippen LogP contribution is -2.33. The molecular formula is C18H23N. The van der Waals surface area contributed by atoms with Gasteiger partial charge in [0, 0.05) is 6.04 Å². The molecule has 19 heavy (non-hydrogen) atoms. The molecule has 1 unspecified atom stereocenters. The van der Waals surface area contributed by atoms with Gasteiger partial charge in [0.05, 0.1) is 0 Å². The number of hydrogen-bond donors (Lipinski definition) is 1. The number of hydrogen-bond acceptors (Lipinski definition) is 1. The molecule has 0 amide bonds. The Balaban J connectivity index is 2.06. The van der Waals surface area contributed by atoms with E-state index in [1.165, 1.54) is 16.7 Å². The summed E-state index contributed by atoms with van der Waals surface area (Å²) in [4.78, 5) is 0. The molecule has 0 bridgehead atoms. The van der Waals surface area contributed by atoms with Crippen molar-refractivity contribution in [2.75, 3.05) is 6.54 Å². The van der Waals surface area contributed by atoms with E-state index in [0.717, 1.165) is 19.4 Å². The van der Waals surface area contributed by atoms with Gasteiger partial charge in [0.1, 0.15) is 0 Å². The Morgan fingerprint density at radius 1 is 0.895 bits per heavy atom. The first-order valence-electron chi connectivity index (χ1n) is 7.11. The third-order valence-corrected chi connectivity index (χ3v) is 3.55. The molecule has 0 aliphatic heterocycles. The first-order chi connectivity index (χ1) is 9.29. The van der Waals surface area contributed by atoms with Gasteiger partial charge in [-0.25, -0.2) is 0 Å². The number of benzene rings is 2. The highest BCUT2D eigenvalue weighted by atomic mass is 14.9. The lowest BCUT2D eigenvalue weighted by Gasteiger charge is -2.19. The van der Waals surface area contributed by atoms with Crippen LogP contribution in [0.3, 0.4) is 0 Å². The van der Waals surface area contributed by atoms with Crippen molar-refractivity contribution in [2.24, 2.45) is 0 Å². The first-order valence-corrected chi connectivity index (χ1v) is 7.11. The standard InChI is InChI=1S/C18H23N/c1-3-19-18(13-16-10-5-4-6-11-16)14-17-12-8-7-9-15(17)2/h4-12,18-19H,3,13-14H2,1-2H3. The molecule has 0 aliphatic carbocycles. The van der Waals surface area contributed by atoms with E-state index in [0.29, 0.717) is 6.04 Å². The monoisotopic (exact) mass is 253 g/mol. The van der Waals surface area contributed by atoms with Crippen molar-refractivity contribution in [1.82, 2.24) is 5.32 Å². The van der Waals surface area contributed by atoms with Crippen LogP contribution in [-0.4, -0.2) is 12.6 Å². The van der Waals surface area contributed by atoms with Crippen LogP contribution < -0.4 is 5.32 Å². The Kier molecular flexibility index (Phi) is 5.17. The summed E-state index contributed by atoms with van der Waals surface area (Å²) in [5.74, 6) is 0. The fourth-order valence-electron chi connectivity index (χ4n) is 2.51. The molecule has 1 atom stereocenters. The lowest BCUT2D eigenvalue weighted by molar-refractivity contribution is 0.520. The molecule has 0 spiro atoms. The summed E-state index contributed by atoms with van der Waals surface area (Å²) in [5.41, 5.74) is 4.24. The van der Waals surface area contributed by atoms with Gasteiger partial charge in [-0.05, 0) is 43.0 Å². The maximum absolute atomic E-state index is 3.61. The molecule has 0 radical (unpaired) electrons. The van der Waals surface area contributed by atoms with Gasteiger partial charge in [-0.15, -0.1) is 0 Å². The smallest absolute Gasteiger partial charge is 0.0148 e. The molecule has 0 saturated carbocycles. The summed E-state index contributed by atoms with van der Waals surface area (Å²) in [6.45, 7) is 5.39. The average molecular weight is 253 g/mol. The molecule has 1 heteroatoms. The zero-order valence-electron chi connectivity index (χ0n) is 11.9. The third kappa shape index (κ3) is 4.22. The van der Waals surface area contributed by atoms with Crippen LogP contribution in [0.25, 0.3) is 0 Å². The Morgan fingerprint density at radius 2 is 1.58 bits per heavy atom. The van der Waals surface area contributed by atoms with Crippen LogP contribution in [-0.2, 0) is 12.8 Å². The van der Waals surface area contributed by atoms with Crippen LogP contribution in [0, 0.1) is 6.92 Å². The van der Waals surface area contributed by atoms with E-state index in [2.05, 4.69) is 73.8 Å². The SMILES string of the molecule is CCNC(Cc1ccccc1)Cc1ccccc1C. The van der Waals surface area contributed by atoms with Gasteiger partial charge in [-0.2, -0.15) is 0 Å². The number of aryl methyl sites for hydroxylation is 1. The molecular weight excluding hydrogens is 230 g/mol. The average Bonchev–Trinajstić information content (AvgIpc) is 2.43. The molecule has 0 aliphatic rings. The van der Waals surface area contributed by atoms with Gasteiger partial charge in [0.2, 0.25) is 0 Å². The normalized spacial score (nSPS) is 12.3. The number of likely N-dealkylation sites (N-methyl/N-ethyl adjacent to an activating group) is 1. The molecule has 0 heterocycles. The van der Waals surface area contributed by atoms with Crippen molar-refractivity contribution in [3.05, 3.63) is 71.3 Å². The van der Waals surface area contributed by atoms with Gasteiger partial charge in [0.25, 0.3) is 0 Å². The second-order valence-corrected chi connectivity index (χ2v) is 5.07. The van der Waals surface area contributed by atoms with E-state index in [1.54, 1.807) is 0 Å². The van der Waals surface area contributed by atoms with Crippen molar-refractivity contribution in [3.63, 3.8) is 0 Å². The fraction of sp³-hybridized carbons (Fsp3) is 0.333. The third-order valence-electron chi connectivity index (χ3n) is 3.55. The highest BCUT2D eigenvalue weighted by Gasteiger charge is 2.10. The van der Waals surface area contributed by atoms with Crippen LogP contribution in [0.1, 0.15) is 23.6 Å². The van der Waals surface area contributed by atoms with Crippen molar-refractivity contribution < 1.29 is 0 Å². The zero-order valence-corrected chi connectivity index (χ0v) is 11.9. The lowest BCUT2D eigenvalue weighted by atomic mass is 9.96. The second-order valence-electron chi connectivity index (χ2n) is 5.07. The number of nitrogens with one attached hydrogen (secondary N) is 1. The largest absolute Gasteiger partial charge is 0.314 e. The van der Waals surface area contributed by atoms with E-state index in [9.17, 15) is 0 Å². The van der Waals surface area contributed by atoms with Crippen LogP contribution in [0.5, 0.6) is 0 Å². The molecule has 100 valence electrons. The Labute approximate surface area is 116 Å². The van der Waals surface area contributed by atoms with Crippen LogP contribution in [0.2, 0.25) is 0 Å². The second kappa shape index (κ2) is 7.10. The zero-order chi connectivity index (χ0) is 13.5. The van der Waals surface area contributed by atoms with Gasteiger partial charge < -0.3 is 5.32 Å². The Hall–Kier alpha value is -1.60. The quantitative estimate of drug-likeness (QED) is 0.826. The molecule has 2 aromatic carbocycles. The summed E-state index contributed by atoms with van der Waals surface area (Å²) in [7, 11) is 0. The van der Waals surface area contributed by atoms with Gasteiger partial charge in [-0.3, -0.25) is 0 Å². The van der Waals surface area contributed by atoms with Gasteiger partial charge in [-0.1, -0.05) is 61.5 Å².